The summed E-state index contributed by atoms with van der Waals surface area (Å²) in [6, 6.07) is 0. The zero-order chi connectivity index (χ0) is 8.81. The van der Waals surface area contributed by atoms with Gasteiger partial charge in [-0.15, -0.1) is 5.92 Å². The van der Waals surface area contributed by atoms with E-state index in [0.717, 1.165) is 25.9 Å². The van der Waals surface area contributed by atoms with Crippen LogP contribution in [0.4, 0.5) is 0 Å². The fourth-order valence-electron chi connectivity index (χ4n) is 1.10. The van der Waals surface area contributed by atoms with E-state index in [0.29, 0.717) is 0 Å². The summed E-state index contributed by atoms with van der Waals surface area (Å²) in [7, 11) is 0. The van der Waals surface area contributed by atoms with Gasteiger partial charge in [-0.2, -0.15) is 0 Å². The molecule has 0 amide bonds. The molecule has 0 aliphatic carbocycles. The van der Waals surface area contributed by atoms with E-state index in [1.54, 1.807) is 6.92 Å². The van der Waals surface area contributed by atoms with Crippen molar-refractivity contribution < 1.29 is 9.47 Å². The van der Waals surface area contributed by atoms with Gasteiger partial charge in [0.2, 0.25) is 0 Å². The third kappa shape index (κ3) is 3.44. The SMILES string of the molecule is CC#CC(Cl)OC1CCCCO1. The lowest BCUT2D eigenvalue weighted by Gasteiger charge is -2.23. The Labute approximate surface area is 78.2 Å². The molecule has 1 rings (SSSR count). The maximum Gasteiger partial charge on any atom is 0.195 e. The van der Waals surface area contributed by atoms with Gasteiger partial charge in [-0.3, -0.25) is 0 Å². The third-order valence-corrected chi connectivity index (χ3v) is 1.88. The van der Waals surface area contributed by atoms with Crippen LogP contribution in [0.1, 0.15) is 26.2 Å². The monoisotopic (exact) mass is 188 g/mol. The average molecular weight is 189 g/mol. The number of ether oxygens (including phenoxy) is 2. The minimum Gasteiger partial charge on any atom is -0.353 e. The van der Waals surface area contributed by atoms with Crippen molar-refractivity contribution in [3.05, 3.63) is 0 Å². The van der Waals surface area contributed by atoms with Gasteiger partial charge in [0.25, 0.3) is 0 Å². The van der Waals surface area contributed by atoms with E-state index < -0.39 is 5.56 Å². The van der Waals surface area contributed by atoms with Crippen LogP contribution in [0.2, 0.25) is 0 Å². The molecular weight excluding hydrogens is 176 g/mol. The summed E-state index contributed by atoms with van der Waals surface area (Å²) < 4.78 is 10.6. The highest BCUT2D eigenvalue weighted by molar-refractivity contribution is 6.21. The van der Waals surface area contributed by atoms with Crippen LogP contribution in [-0.4, -0.2) is 18.5 Å². The first-order valence-corrected chi connectivity index (χ1v) is 4.60. The number of rotatable bonds is 2. The predicted octanol–water partition coefficient (Wildman–Crippen LogP) is 2.12. The smallest absolute Gasteiger partial charge is 0.195 e. The van der Waals surface area contributed by atoms with Gasteiger partial charge in [0, 0.05) is 6.61 Å². The second-order valence-corrected chi connectivity index (χ2v) is 3.04. The summed E-state index contributed by atoms with van der Waals surface area (Å²) in [5.74, 6) is 5.40. The maximum atomic E-state index is 5.74. The fraction of sp³-hybridized carbons (Fsp3) is 0.778. The molecule has 68 valence electrons. The molecule has 2 atom stereocenters. The van der Waals surface area contributed by atoms with Crippen molar-refractivity contribution in [3.63, 3.8) is 0 Å². The van der Waals surface area contributed by atoms with Gasteiger partial charge in [0.1, 0.15) is 0 Å². The molecule has 2 unspecified atom stereocenters. The van der Waals surface area contributed by atoms with Crippen molar-refractivity contribution in [1.82, 2.24) is 0 Å². The van der Waals surface area contributed by atoms with Crippen LogP contribution >= 0.6 is 11.6 Å². The highest BCUT2D eigenvalue weighted by Gasteiger charge is 2.16. The molecule has 0 aromatic carbocycles. The van der Waals surface area contributed by atoms with Crippen LogP contribution in [0, 0.1) is 11.8 Å². The number of halogens is 1. The van der Waals surface area contributed by atoms with Crippen molar-refractivity contribution in [2.24, 2.45) is 0 Å². The minimum absolute atomic E-state index is 0.151. The van der Waals surface area contributed by atoms with Crippen LogP contribution in [-0.2, 0) is 9.47 Å². The molecule has 1 aliphatic rings. The summed E-state index contributed by atoms with van der Waals surface area (Å²) in [6.07, 6.45) is 3.04. The van der Waals surface area contributed by atoms with E-state index in [9.17, 15) is 0 Å². The van der Waals surface area contributed by atoms with Gasteiger partial charge >= 0.3 is 0 Å². The van der Waals surface area contributed by atoms with Crippen molar-refractivity contribution >= 4 is 11.6 Å². The van der Waals surface area contributed by atoms with Crippen molar-refractivity contribution in [2.45, 2.75) is 38.0 Å². The Morgan fingerprint density at radius 1 is 1.58 bits per heavy atom. The highest BCUT2D eigenvalue weighted by atomic mass is 35.5. The second-order valence-electron chi connectivity index (χ2n) is 2.64. The van der Waals surface area contributed by atoms with Crippen LogP contribution in [0.5, 0.6) is 0 Å². The molecule has 0 N–H and O–H groups in total. The lowest BCUT2D eigenvalue weighted by Crippen LogP contribution is -2.24. The number of alkyl halides is 1. The van der Waals surface area contributed by atoms with Crippen molar-refractivity contribution in [2.75, 3.05) is 6.61 Å². The van der Waals surface area contributed by atoms with E-state index in [4.69, 9.17) is 21.1 Å². The van der Waals surface area contributed by atoms with E-state index >= 15 is 0 Å². The van der Waals surface area contributed by atoms with Gasteiger partial charge < -0.3 is 9.47 Å². The average Bonchev–Trinajstić information content (AvgIpc) is 2.06. The zero-order valence-corrected chi connectivity index (χ0v) is 7.93. The Hall–Kier alpha value is -0.230. The Kier molecular flexibility index (Phi) is 4.45. The van der Waals surface area contributed by atoms with Gasteiger partial charge in [0.05, 0.1) is 0 Å². The Morgan fingerprint density at radius 3 is 3.00 bits per heavy atom. The molecule has 12 heavy (non-hydrogen) atoms. The fourth-order valence-corrected chi connectivity index (χ4v) is 1.32. The summed E-state index contributed by atoms with van der Waals surface area (Å²) in [4.78, 5) is 0. The summed E-state index contributed by atoms with van der Waals surface area (Å²) in [5.41, 5.74) is -0.530. The molecule has 1 saturated heterocycles. The first-order chi connectivity index (χ1) is 5.83. The quantitative estimate of drug-likeness (QED) is 0.488. The van der Waals surface area contributed by atoms with E-state index in [1.165, 1.54) is 0 Å². The minimum atomic E-state index is -0.530. The van der Waals surface area contributed by atoms with E-state index in [-0.39, 0.29) is 6.29 Å². The van der Waals surface area contributed by atoms with Crippen molar-refractivity contribution in [3.8, 4) is 11.8 Å². The van der Waals surface area contributed by atoms with Crippen LogP contribution in [0.25, 0.3) is 0 Å². The molecule has 2 nitrogen and oxygen atoms in total. The molecule has 1 fully saturated rings. The summed E-state index contributed by atoms with van der Waals surface area (Å²) in [6.45, 7) is 2.51. The second kappa shape index (κ2) is 5.42. The summed E-state index contributed by atoms with van der Waals surface area (Å²) >= 11 is 5.74. The van der Waals surface area contributed by atoms with Gasteiger partial charge in [-0.25, -0.2) is 0 Å². The molecule has 0 bridgehead atoms. The van der Waals surface area contributed by atoms with Crippen LogP contribution in [0.3, 0.4) is 0 Å². The lowest BCUT2D eigenvalue weighted by molar-refractivity contribution is -0.162. The molecule has 3 heteroatoms. The maximum absolute atomic E-state index is 5.74. The topological polar surface area (TPSA) is 18.5 Å². The highest BCUT2D eigenvalue weighted by Crippen LogP contribution is 2.16. The van der Waals surface area contributed by atoms with E-state index in [1.807, 2.05) is 0 Å². The normalized spacial score (nSPS) is 25.7. The first kappa shape index (κ1) is 9.85. The van der Waals surface area contributed by atoms with Crippen LogP contribution < -0.4 is 0 Å². The zero-order valence-electron chi connectivity index (χ0n) is 7.18. The van der Waals surface area contributed by atoms with Gasteiger partial charge in [-0.05, 0) is 26.2 Å². The molecule has 0 aromatic rings. The molecule has 1 aliphatic heterocycles. The molecular formula is C9H13ClO2. The Bertz CT molecular complexity index is 177. The molecule has 0 saturated carbocycles. The lowest BCUT2D eigenvalue weighted by atomic mass is 10.2. The summed E-state index contributed by atoms with van der Waals surface area (Å²) in [5, 5.41) is 0. The molecule has 0 radical (unpaired) electrons. The molecule has 0 spiro atoms. The Balaban J connectivity index is 2.22. The number of hydrogen-bond acceptors (Lipinski definition) is 2. The molecule has 1 heterocycles. The van der Waals surface area contributed by atoms with Crippen molar-refractivity contribution in [1.29, 1.82) is 0 Å². The van der Waals surface area contributed by atoms with Gasteiger partial charge in [-0.1, -0.05) is 17.5 Å². The van der Waals surface area contributed by atoms with Crippen LogP contribution in [0.15, 0.2) is 0 Å². The first-order valence-electron chi connectivity index (χ1n) is 4.16. The number of hydrogen-bond donors (Lipinski definition) is 0. The molecule has 0 aromatic heterocycles. The predicted molar refractivity (Wildman–Crippen MR) is 47.8 cm³/mol. The van der Waals surface area contributed by atoms with E-state index in [2.05, 4.69) is 11.8 Å². The standard InChI is InChI=1S/C9H13ClO2/c1-2-5-8(10)12-9-6-3-4-7-11-9/h8-9H,3-4,6-7H2,1H3. The van der Waals surface area contributed by atoms with Gasteiger partial charge in [0.15, 0.2) is 11.9 Å². The Morgan fingerprint density at radius 2 is 2.42 bits per heavy atom. The third-order valence-electron chi connectivity index (χ3n) is 1.67. The largest absolute Gasteiger partial charge is 0.353 e.